The molecular formula is C22H22N4O2. The lowest BCUT2D eigenvalue weighted by Gasteiger charge is -2.22. The Hall–Kier alpha value is -3.28. The normalized spacial score (nSPS) is 16.3. The monoisotopic (exact) mass is 374 g/mol. The SMILES string of the molecule is CCCC(=O)N1N=C(c2ccc(OC)cc2)C[C@H]1c1ccc2nccnc2c1. The Labute approximate surface area is 163 Å². The predicted octanol–water partition coefficient (Wildman–Crippen LogP) is 4.12. The van der Waals surface area contributed by atoms with E-state index in [9.17, 15) is 4.79 Å². The predicted molar refractivity (Wildman–Crippen MR) is 108 cm³/mol. The molecule has 6 heteroatoms. The molecule has 0 saturated heterocycles. The van der Waals surface area contributed by atoms with E-state index in [2.05, 4.69) is 9.97 Å². The average molecular weight is 374 g/mol. The highest BCUT2D eigenvalue weighted by Crippen LogP contribution is 2.34. The third kappa shape index (κ3) is 3.45. The first-order chi connectivity index (χ1) is 13.7. The largest absolute Gasteiger partial charge is 0.497 e. The van der Waals surface area contributed by atoms with Crippen LogP contribution < -0.4 is 4.74 Å². The maximum atomic E-state index is 12.7. The number of hydrazone groups is 1. The molecule has 0 spiro atoms. The quantitative estimate of drug-likeness (QED) is 0.674. The van der Waals surface area contributed by atoms with Gasteiger partial charge in [-0.05, 0) is 53.9 Å². The Balaban J connectivity index is 1.69. The molecule has 1 atom stereocenters. The fraction of sp³-hybridized carbons (Fsp3) is 0.273. The molecule has 142 valence electrons. The van der Waals surface area contributed by atoms with Gasteiger partial charge in [-0.3, -0.25) is 14.8 Å². The summed E-state index contributed by atoms with van der Waals surface area (Å²) in [5.41, 5.74) is 4.58. The van der Waals surface area contributed by atoms with Crippen molar-refractivity contribution in [1.29, 1.82) is 0 Å². The first-order valence-electron chi connectivity index (χ1n) is 9.44. The number of carbonyl (C=O) groups excluding carboxylic acids is 1. The number of methoxy groups -OCH3 is 1. The number of nitrogens with zero attached hydrogens (tertiary/aromatic N) is 4. The van der Waals surface area contributed by atoms with Crippen LogP contribution in [0, 0.1) is 0 Å². The van der Waals surface area contributed by atoms with Crippen molar-refractivity contribution >= 4 is 22.7 Å². The molecule has 0 radical (unpaired) electrons. The number of ether oxygens (including phenoxy) is 1. The van der Waals surface area contributed by atoms with Crippen LogP contribution in [0.5, 0.6) is 5.75 Å². The molecule has 1 aromatic heterocycles. The fourth-order valence-corrected chi connectivity index (χ4v) is 3.47. The number of aromatic nitrogens is 2. The second kappa shape index (κ2) is 7.76. The minimum atomic E-state index is -0.137. The summed E-state index contributed by atoms with van der Waals surface area (Å²) < 4.78 is 5.24. The summed E-state index contributed by atoms with van der Waals surface area (Å²) >= 11 is 0. The Morgan fingerprint density at radius 3 is 2.57 bits per heavy atom. The topological polar surface area (TPSA) is 67.7 Å². The first kappa shape index (κ1) is 18.1. The molecule has 2 heterocycles. The van der Waals surface area contributed by atoms with Crippen LogP contribution in [0.4, 0.5) is 0 Å². The molecule has 3 aromatic rings. The molecule has 0 aliphatic carbocycles. The Morgan fingerprint density at radius 1 is 1.11 bits per heavy atom. The summed E-state index contributed by atoms with van der Waals surface area (Å²) in [5, 5.41) is 6.33. The van der Waals surface area contributed by atoms with Crippen molar-refractivity contribution < 1.29 is 9.53 Å². The number of amides is 1. The van der Waals surface area contributed by atoms with Gasteiger partial charge >= 0.3 is 0 Å². The zero-order valence-corrected chi connectivity index (χ0v) is 16.0. The Bertz CT molecular complexity index is 1030. The second-order valence-corrected chi connectivity index (χ2v) is 6.79. The zero-order chi connectivity index (χ0) is 19.5. The molecule has 0 unspecified atom stereocenters. The maximum absolute atomic E-state index is 12.7. The minimum Gasteiger partial charge on any atom is -0.497 e. The summed E-state index contributed by atoms with van der Waals surface area (Å²) in [6.45, 7) is 2.00. The summed E-state index contributed by atoms with van der Waals surface area (Å²) in [5.74, 6) is 0.834. The second-order valence-electron chi connectivity index (χ2n) is 6.79. The van der Waals surface area contributed by atoms with Crippen LogP contribution >= 0.6 is 0 Å². The average Bonchev–Trinajstić information content (AvgIpc) is 3.19. The van der Waals surface area contributed by atoms with Crippen LogP contribution in [0.3, 0.4) is 0 Å². The van der Waals surface area contributed by atoms with E-state index in [-0.39, 0.29) is 11.9 Å². The van der Waals surface area contributed by atoms with Crippen molar-refractivity contribution in [3.05, 3.63) is 66.0 Å². The molecule has 0 bridgehead atoms. The third-order valence-corrected chi connectivity index (χ3v) is 4.93. The van der Waals surface area contributed by atoms with Gasteiger partial charge in [-0.2, -0.15) is 5.10 Å². The van der Waals surface area contributed by atoms with E-state index in [0.29, 0.717) is 12.8 Å². The number of hydrogen-bond donors (Lipinski definition) is 0. The van der Waals surface area contributed by atoms with Crippen LogP contribution in [-0.4, -0.2) is 33.7 Å². The highest BCUT2D eigenvalue weighted by atomic mass is 16.5. The van der Waals surface area contributed by atoms with Gasteiger partial charge in [0, 0.05) is 25.2 Å². The van der Waals surface area contributed by atoms with E-state index in [1.807, 2.05) is 49.4 Å². The molecule has 0 N–H and O–H groups in total. The molecule has 0 saturated carbocycles. The van der Waals surface area contributed by atoms with Crippen LogP contribution in [0.2, 0.25) is 0 Å². The lowest BCUT2D eigenvalue weighted by molar-refractivity contribution is -0.133. The lowest BCUT2D eigenvalue weighted by atomic mass is 9.97. The highest BCUT2D eigenvalue weighted by Gasteiger charge is 2.32. The van der Waals surface area contributed by atoms with Gasteiger partial charge in [0.1, 0.15) is 5.75 Å². The standard InChI is InChI=1S/C22H22N4O2/c1-3-4-22(27)26-21(16-7-10-18-20(13-16)24-12-11-23-18)14-19(25-26)15-5-8-17(28-2)9-6-15/h5-13,21H,3-4,14H2,1-2H3/t21-/m0/s1. The van der Waals surface area contributed by atoms with Gasteiger partial charge in [-0.25, -0.2) is 5.01 Å². The van der Waals surface area contributed by atoms with Crippen molar-refractivity contribution in [1.82, 2.24) is 15.0 Å². The van der Waals surface area contributed by atoms with Gasteiger partial charge in [0.25, 0.3) is 0 Å². The molecule has 2 aromatic carbocycles. The molecular weight excluding hydrogens is 352 g/mol. The van der Waals surface area contributed by atoms with Crippen LogP contribution in [-0.2, 0) is 4.79 Å². The molecule has 1 amide bonds. The van der Waals surface area contributed by atoms with Crippen molar-refractivity contribution in [3.8, 4) is 5.75 Å². The summed E-state index contributed by atoms with van der Waals surface area (Å²) in [6.07, 6.45) is 5.29. The Morgan fingerprint density at radius 2 is 1.86 bits per heavy atom. The molecule has 6 nitrogen and oxygen atoms in total. The third-order valence-electron chi connectivity index (χ3n) is 4.93. The highest BCUT2D eigenvalue weighted by molar-refractivity contribution is 6.03. The van der Waals surface area contributed by atoms with Crippen molar-refractivity contribution in [2.45, 2.75) is 32.2 Å². The summed E-state index contributed by atoms with van der Waals surface area (Å²) in [6, 6.07) is 13.6. The number of rotatable bonds is 5. The molecule has 1 aliphatic heterocycles. The molecule has 28 heavy (non-hydrogen) atoms. The first-order valence-corrected chi connectivity index (χ1v) is 9.44. The lowest BCUT2D eigenvalue weighted by Crippen LogP contribution is -2.26. The van der Waals surface area contributed by atoms with Crippen molar-refractivity contribution in [2.24, 2.45) is 5.10 Å². The van der Waals surface area contributed by atoms with E-state index >= 15 is 0 Å². The fourth-order valence-electron chi connectivity index (χ4n) is 3.47. The van der Waals surface area contributed by atoms with Crippen molar-refractivity contribution in [2.75, 3.05) is 7.11 Å². The number of benzene rings is 2. The summed E-state index contributed by atoms with van der Waals surface area (Å²) in [4.78, 5) is 21.5. The van der Waals surface area contributed by atoms with Gasteiger partial charge in [0.15, 0.2) is 0 Å². The van der Waals surface area contributed by atoms with E-state index in [4.69, 9.17) is 9.84 Å². The molecule has 4 rings (SSSR count). The maximum Gasteiger partial charge on any atom is 0.243 e. The van der Waals surface area contributed by atoms with Crippen LogP contribution in [0.15, 0.2) is 60.0 Å². The van der Waals surface area contributed by atoms with E-state index in [0.717, 1.165) is 40.0 Å². The minimum absolute atomic E-state index is 0.0373. The van der Waals surface area contributed by atoms with Crippen LogP contribution in [0.25, 0.3) is 11.0 Å². The van der Waals surface area contributed by atoms with Gasteiger partial charge in [-0.1, -0.05) is 13.0 Å². The van der Waals surface area contributed by atoms with Gasteiger partial charge in [0.05, 0.1) is 29.9 Å². The molecule has 0 fully saturated rings. The number of hydrogen-bond acceptors (Lipinski definition) is 5. The van der Waals surface area contributed by atoms with E-state index in [1.54, 1.807) is 24.5 Å². The Kier molecular flexibility index (Phi) is 5.02. The van der Waals surface area contributed by atoms with Gasteiger partial charge in [0.2, 0.25) is 5.91 Å². The van der Waals surface area contributed by atoms with E-state index < -0.39 is 0 Å². The van der Waals surface area contributed by atoms with Crippen molar-refractivity contribution in [3.63, 3.8) is 0 Å². The zero-order valence-electron chi connectivity index (χ0n) is 16.0. The van der Waals surface area contributed by atoms with Gasteiger partial charge in [-0.15, -0.1) is 0 Å². The van der Waals surface area contributed by atoms with Gasteiger partial charge < -0.3 is 4.74 Å². The smallest absolute Gasteiger partial charge is 0.243 e. The number of carbonyl (C=O) groups is 1. The van der Waals surface area contributed by atoms with E-state index in [1.165, 1.54) is 0 Å². The number of fused-ring (bicyclic) bond motifs is 1. The van der Waals surface area contributed by atoms with Crippen LogP contribution in [0.1, 0.15) is 43.4 Å². The molecule has 1 aliphatic rings. The summed E-state index contributed by atoms with van der Waals surface area (Å²) in [7, 11) is 1.64.